The number of rotatable bonds is 6. The van der Waals surface area contributed by atoms with Gasteiger partial charge in [-0.25, -0.2) is 0 Å². The molecule has 1 aromatic rings. The average molecular weight is 260 g/mol. The number of nitrogens with two attached hydrogens (primary N) is 1. The largest absolute Gasteiger partial charge is 0.329 e. The van der Waals surface area contributed by atoms with E-state index in [-0.39, 0.29) is 5.54 Å². The Morgan fingerprint density at radius 1 is 1.26 bits per heavy atom. The molecule has 0 unspecified atom stereocenters. The third kappa shape index (κ3) is 3.01. The van der Waals surface area contributed by atoms with Crippen LogP contribution in [0.15, 0.2) is 30.3 Å². The van der Waals surface area contributed by atoms with Gasteiger partial charge in [-0.1, -0.05) is 51.1 Å². The van der Waals surface area contributed by atoms with Gasteiger partial charge in [0.25, 0.3) is 0 Å². The summed E-state index contributed by atoms with van der Waals surface area (Å²) >= 11 is 0. The van der Waals surface area contributed by atoms with E-state index in [0.29, 0.717) is 0 Å². The molecule has 2 heteroatoms. The van der Waals surface area contributed by atoms with Crippen LogP contribution >= 0.6 is 0 Å². The van der Waals surface area contributed by atoms with Gasteiger partial charge >= 0.3 is 0 Å². The van der Waals surface area contributed by atoms with Gasteiger partial charge in [-0.05, 0) is 36.8 Å². The maximum Gasteiger partial charge on any atom is 0.0340 e. The lowest BCUT2D eigenvalue weighted by Gasteiger charge is -2.55. The zero-order valence-corrected chi connectivity index (χ0v) is 12.6. The molecule has 1 saturated carbocycles. The molecule has 0 heterocycles. The van der Waals surface area contributed by atoms with Crippen molar-refractivity contribution in [3.05, 3.63) is 35.9 Å². The van der Waals surface area contributed by atoms with Gasteiger partial charge in [0, 0.05) is 18.6 Å². The van der Waals surface area contributed by atoms with Gasteiger partial charge in [-0.2, -0.15) is 0 Å². The molecule has 19 heavy (non-hydrogen) atoms. The molecule has 106 valence electrons. The maximum atomic E-state index is 6.12. The van der Waals surface area contributed by atoms with E-state index in [1.807, 2.05) is 0 Å². The second-order valence-electron chi connectivity index (χ2n) is 6.34. The maximum absolute atomic E-state index is 6.12. The molecule has 0 bridgehead atoms. The first-order valence-corrected chi connectivity index (χ1v) is 7.60. The summed E-state index contributed by atoms with van der Waals surface area (Å²) in [6, 6.07) is 10.7. The molecular formula is C17H28N2. The van der Waals surface area contributed by atoms with Gasteiger partial charge in [-0.15, -0.1) is 0 Å². The molecule has 0 radical (unpaired) electrons. The van der Waals surface area contributed by atoms with Crippen molar-refractivity contribution in [2.75, 3.05) is 13.1 Å². The molecule has 0 atom stereocenters. The summed E-state index contributed by atoms with van der Waals surface area (Å²) in [5, 5.41) is 0. The van der Waals surface area contributed by atoms with Crippen molar-refractivity contribution in [1.82, 2.24) is 4.90 Å². The van der Waals surface area contributed by atoms with E-state index in [1.165, 1.54) is 18.4 Å². The molecule has 2 rings (SSSR count). The zero-order chi connectivity index (χ0) is 13.9. The minimum absolute atomic E-state index is 0.250. The van der Waals surface area contributed by atoms with Crippen molar-refractivity contribution in [1.29, 1.82) is 0 Å². The first kappa shape index (κ1) is 14.5. The summed E-state index contributed by atoms with van der Waals surface area (Å²) in [7, 11) is 0. The summed E-state index contributed by atoms with van der Waals surface area (Å²) in [4.78, 5) is 2.58. The van der Waals surface area contributed by atoms with Gasteiger partial charge < -0.3 is 5.73 Å². The monoisotopic (exact) mass is 260 g/mol. The first-order valence-electron chi connectivity index (χ1n) is 7.60. The Morgan fingerprint density at radius 2 is 1.89 bits per heavy atom. The second-order valence-corrected chi connectivity index (χ2v) is 6.34. The Morgan fingerprint density at radius 3 is 2.37 bits per heavy atom. The number of hydrogen-bond acceptors (Lipinski definition) is 2. The van der Waals surface area contributed by atoms with Crippen molar-refractivity contribution in [2.24, 2.45) is 17.6 Å². The topological polar surface area (TPSA) is 29.3 Å². The van der Waals surface area contributed by atoms with Gasteiger partial charge in [0.15, 0.2) is 0 Å². The van der Waals surface area contributed by atoms with E-state index < -0.39 is 0 Å². The minimum Gasteiger partial charge on any atom is -0.329 e. The third-order valence-corrected chi connectivity index (χ3v) is 4.88. The number of nitrogens with zero attached hydrogens (tertiary/aromatic N) is 1. The number of benzene rings is 1. The van der Waals surface area contributed by atoms with Gasteiger partial charge in [0.05, 0.1) is 0 Å². The lowest BCUT2D eigenvalue weighted by atomic mass is 9.63. The molecule has 1 aliphatic rings. The van der Waals surface area contributed by atoms with Crippen LogP contribution in [0.4, 0.5) is 0 Å². The lowest BCUT2D eigenvalue weighted by molar-refractivity contribution is -0.0375. The Bertz CT molecular complexity index is 380. The smallest absolute Gasteiger partial charge is 0.0340 e. The quantitative estimate of drug-likeness (QED) is 0.850. The fraction of sp³-hybridized carbons (Fsp3) is 0.647. The van der Waals surface area contributed by atoms with E-state index >= 15 is 0 Å². The van der Waals surface area contributed by atoms with Crippen molar-refractivity contribution in [3.8, 4) is 0 Å². The van der Waals surface area contributed by atoms with Gasteiger partial charge in [0.2, 0.25) is 0 Å². The van der Waals surface area contributed by atoms with E-state index in [2.05, 4.69) is 56.0 Å². The van der Waals surface area contributed by atoms with E-state index in [4.69, 9.17) is 5.73 Å². The highest BCUT2D eigenvalue weighted by Gasteiger charge is 2.47. The van der Waals surface area contributed by atoms with Gasteiger partial charge in [-0.3, -0.25) is 4.90 Å². The number of hydrogen-bond donors (Lipinski definition) is 1. The fourth-order valence-electron chi connectivity index (χ4n) is 3.36. The Hall–Kier alpha value is -0.860. The molecular weight excluding hydrogens is 232 g/mol. The lowest BCUT2D eigenvalue weighted by Crippen LogP contribution is -2.62. The van der Waals surface area contributed by atoms with Crippen LogP contribution in [0.3, 0.4) is 0 Å². The van der Waals surface area contributed by atoms with Crippen LogP contribution in [0.25, 0.3) is 0 Å². The van der Waals surface area contributed by atoms with Crippen molar-refractivity contribution in [2.45, 2.75) is 45.7 Å². The third-order valence-electron chi connectivity index (χ3n) is 4.88. The van der Waals surface area contributed by atoms with Crippen LogP contribution in [0.1, 0.15) is 39.2 Å². The SMILES string of the molecule is CCN(Cc1ccccc1)C1(CN)CC(C(C)C)C1. The molecule has 0 saturated heterocycles. The summed E-state index contributed by atoms with van der Waals surface area (Å²) in [5.41, 5.74) is 7.76. The Kier molecular flexibility index (Phi) is 4.64. The molecule has 0 aliphatic heterocycles. The van der Waals surface area contributed by atoms with Crippen LogP contribution in [-0.4, -0.2) is 23.5 Å². The molecule has 2 nitrogen and oxygen atoms in total. The van der Waals surface area contributed by atoms with Crippen molar-refractivity contribution in [3.63, 3.8) is 0 Å². The normalized spacial score (nSPS) is 26.7. The van der Waals surface area contributed by atoms with E-state index in [1.54, 1.807) is 0 Å². The van der Waals surface area contributed by atoms with Crippen molar-refractivity contribution >= 4 is 0 Å². The Balaban J connectivity index is 2.04. The molecule has 1 aromatic carbocycles. The van der Waals surface area contributed by atoms with Crippen LogP contribution in [0.2, 0.25) is 0 Å². The highest BCUT2D eigenvalue weighted by atomic mass is 15.2. The standard InChI is InChI=1S/C17H28N2/c1-4-19(12-15-8-6-5-7-9-15)17(13-18)10-16(11-17)14(2)3/h5-9,14,16H,4,10-13,18H2,1-3H3. The molecule has 0 spiro atoms. The Labute approximate surface area is 118 Å². The predicted molar refractivity (Wildman–Crippen MR) is 81.9 cm³/mol. The zero-order valence-electron chi connectivity index (χ0n) is 12.6. The van der Waals surface area contributed by atoms with Gasteiger partial charge in [0.1, 0.15) is 0 Å². The molecule has 1 aliphatic carbocycles. The van der Waals surface area contributed by atoms with Crippen LogP contribution < -0.4 is 5.73 Å². The van der Waals surface area contributed by atoms with E-state index in [0.717, 1.165) is 31.5 Å². The molecule has 0 amide bonds. The molecule has 2 N–H and O–H groups in total. The minimum atomic E-state index is 0.250. The molecule has 1 fully saturated rings. The first-order chi connectivity index (χ1) is 9.11. The summed E-state index contributed by atoms with van der Waals surface area (Å²) in [6.07, 6.45) is 2.53. The summed E-state index contributed by atoms with van der Waals surface area (Å²) < 4.78 is 0. The fourth-order valence-corrected chi connectivity index (χ4v) is 3.36. The highest BCUT2D eigenvalue weighted by molar-refractivity contribution is 5.16. The second kappa shape index (κ2) is 6.06. The average Bonchev–Trinajstić information content (AvgIpc) is 2.37. The van der Waals surface area contributed by atoms with Crippen LogP contribution in [0, 0.1) is 11.8 Å². The number of likely N-dealkylation sites (N-methyl/N-ethyl adjacent to an activating group) is 1. The molecule has 0 aromatic heterocycles. The van der Waals surface area contributed by atoms with Crippen LogP contribution in [-0.2, 0) is 6.54 Å². The van der Waals surface area contributed by atoms with E-state index in [9.17, 15) is 0 Å². The predicted octanol–water partition coefficient (Wildman–Crippen LogP) is 3.27. The van der Waals surface area contributed by atoms with Crippen molar-refractivity contribution < 1.29 is 0 Å². The summed E-state index contributed by atoms with van der Waals surface area (Å²) in [5.74, 6) is 1.64. The summed E-state index contributed by atoms with van der Waals surface area (Å²) in [6.45, 7) is 9.81. The highest BCUT2D eigenvalue weighted by Crippen LogP contribution is 2.45. The van der Waals surface area contributed by atoms with Crippen LogP contribution in [0.5, 0.6) is 0 Å².